The predicted molar refractivity (Wildman–Crippen MR) is 168 cm³/mol. The highest BCUT2D eigenvalue weighted by Crippen LogP contribution is 2.37. The quantitative estimate of drug-likeness (QED) is 0.118. The number of benzene rings is 4. The van der Waals surface area contributed by atoms with E-state index in [4.69, 9.17) is 9.47 Å². The summed E-state index contributed by atoms with van der Waals surface area (Å²) in [6, 6.07) is 25.2. The number of hydrogen-bond donors (Lipinski definition) is 2. The molecule has 212 valence electrons. The normalized spacial score (nSPS) is 11.0. The van der Waals surface area contributed by atoms with Crippen LogP contribution in [-0.4, -0.2) is 24.2 Å². The Bertz CT molecular complexity index is 1720. The Morgan fingerprint density at radius 2 is 1.83 bits per heavy atom. The summed E-state index contributed by atoms with van der Waals surface area (Å²) in [5.74, 6) is 0.169. The second kappa shape index (κ2) is 13.4. The molecule has 1 aromatic heterocycles. The summed E-state index contributed by atoms with van der Waals surface area (Å²) in [5.41, 5.74) is 7.98. The van der Waals surface area contributed by atoms with E-state index in [1.807, 2.05) is 48.7 Å². The molecule has 42 heavy (non-hydrogen) atoms. The standard InChI is InChI=1S/C32H26BrFN4O3S/c1-20-7-13-25(14-8-20)36-32-37-28(19-42-32)22-9-11-23(12-10-22)31(39)38-35-17-21-15-26(33)30(29(16-21)40-2)41-18-24-5-3-4-6-27(24)34/h3-17,19H,18H2,1-2H3,(H,36,37)(H,38,39)/b35-17-. The minimum atomic E-state index is -0.353. The first-order valence-electron chi connectivity index (χ1n) is 12.9. The molecule has 10 heteroatoms. The average Bonchev–Trinajstić information content (AvgIpc) is 3.47. The van der Waals surface area contributed by atoms with Crippen LogP contribution in [0.15, 0.2) is 99.9 Å². The Balaban J connectivity index is 1.19. The van der Waals surface area contributed by atoms with E-state index in [0.717, 1.165) is 22.1 Å². The molecule has 5 aromatic rings. The molecule has 0 aliphatic rings. The lowest BCUT2D eigenvalue weighted by atomic mass is 10.1. The Hall–Kier alpha value is -4.54. The predicted octanol–water partition coefficient (Wildman–Crippen LogP) is 8.12. The highest BCUT2D eigenvalue weighted by Gasteiger charge is 2.13. The number of rotatable bonds is 10. The lowest BCUT2D eigenvalue weighted by Crippen LogP contribution is -2.17. The van der Waals surface area contributed by atoms with Gasteiger partial charge in [0.15, 0.2) is 16.6 Å². The average molecular weight is 646 g/mol. The van der Waals surface area contributed by atoms with Crippen LogP contribution in [0, 0.1) is 12.7 Å². The number of methoxy groups -OCH3 is 1. The largest absolute Gasteiger partial charge is 0.493 e. The molecule has 0 saturated heterocycles. The maximum atomic E-state index is 14.0. The number of anilines is 2. The monoisotopic (exact) mass is 644 g/mol. The first-order chi connectivity index (χ1) is 20.4. The molecule has 1 amide bonds. The van der Waals surface area contributed by atoms with Gasteiger partial charge in [-0.2, -0.15) is 5.10 Å². The minimum Gasteiger partial charge on any atom is -0.493 e. The maximum Gasteiger partial charge on any atom is 0.271 e. The Morgan fingerprint density at radius 1 is 1.07 bits per heavy atom. The van der Waals surface area contributed by atoms with Gasteiger partial charge in [-0.1, -0.05) is 48.0 Å². The number of hydrazone groups is 1. The molecule has 7 nitrogen and oxygen atoms in total. The van der Waals surface area contributed by atoms with Gasteiger partial charge in [-0.3, -0.25) is 4.79 Å². The summed E-state index contributed by atoms with van der Waals surface area (Å²) < 4.78 is 25.8. The number of carbonyl (C=O) groups excluding carboxylic acids is 1. The van der Waals surface area contributed by atoms with Crippen LogP contribution in [0.2, 0.25) is 0 Å². The fourth-order valence-corrected chi connectivity index (χ4v) is 5.28. The van der Waals surface area contributed by atoms with Gasteiger partial charge in [-0.25, -0.2) is 14.8 Å². The first-order valence-corrected chi connectivity index (χ1v) is 14.5. The zero-order valence-corrected chi connectivity index (χ0v) is 25.1. The van der Waals surface area contributed by atoms with Gasteiger partial charge < -0.3 is 14.8 Å². The van der Waals surface area contributed by atoms with Crippen LogP contribution >= 0.6 is 27.3 Å². The number of carbonyl (C=O) groups is 1. The minimum absolute atomic E-state index is 0.0396. The summed E-state index contributed by atoms with van der Waals surface area (Å²) in [4.78, 5) is 17.3. The molecule has 0 radical (unpaired) electrons. The molecule has 0 spiro atoms. The Kier molecular flexibility index (Phi) is 9.25. The second-order valence-electron chi connectivity index (χ2n) is 9.22. The number of aryl methyl sites for hydroxylation is 1. The maximum absolute atomic E-state index is 14.0. The van der Waals surface area contributed by atoms with Crippen LogP contribution in [0.1, 0.15) is 27.0 Å². The molecule has 0 unspecified atom stereocenters. The van der Waals surface area contributed by atoms with E-state index in [1.54, 1.807) is 42.5 Å². The van der Waals surface area contributed by atoms with Crippen molar-refractivity contribution in [2.24, 2.45) is 5.10 Å². The zero-order chi connectivity index (χ0) is 29.5. The first kappa shape index (κ1) is 29.0. The SMILES string of the molecule is COc1cc(/C=N\NC(=O)c2ccc(-c3csc(Nc4ccc(C)cc4)n3)cc2)cc(Br)c1OCc1ccccc1F. The van der Waals surface area contributed by atoms with E-state index in [-0.39, 0.29) is 18.3 Å². The molecule has 5 rings (SSSR count). The van der Waals surface area contributed by atoms with Gasteiger partial charge in [0, 0.05) is 27.8 Å². The van der Waals surface area contributed by atoms with E-state index in [2.05, 4.69) is 36.8 Å². The zero-order valence-electron chi connectivity index (χ0n) is 22.7. The third-order valence-electron chi connectivity index (χ3n) is 6.21. The summed E-state index contributed by atoms with van der Waals surface area (Å²) in [5, 5.41) is 10.2. The number of amides is 1. The van der Waals surface area contributed by atoms with E-state index in [0.29, 0.717) is 32.7 Å². The summed E-state index contributed by atoms with van der Waals surface area (Å²) in [6.45, 7) is 2.09. The lowest BCUT2D eigenvalue weighted by Gasteiger charge is -2.14. The van der Waals surface area contributed by atoms with Gasteiger partial charge in [0.05, 0.1) is 23.5 Å². The van der Waals surface area contributed by atoms with E-state index in [9.17, 15) is 9.18 Å². The number of nitrogens with zero attached hydrogens (tertiary/aromatic N) is 2. The second-order valence-corrected chi connectivity index (χ2v) is 10.9. The molecular weight excluding hydrogens is 619 g/mol. The van der Waals surface area contributed by atoms with Crippen molar-refractivity contribution in [2.75, 3.05) is 12.4 Å². The number of aromatic nitrogens is 1. The Morgan fingerprint density at radius 3 is 2.57 bits per heavy atom. The van der Waals surface area contributed by atoms with Gasteiger partial charge in [0.1, 0.15) is 12.4 Å². The van der Waals surface area contributed by atoms with Gasteiger partial charge in [0.2, 0.25) is 0 Å². The van der Waals surface area contributed by atoms with Crippen molar-refractivity contribution >= 4 is 50.2 Å². The molecule has 1 heterocycles. The van der Waals surface area contributed by atoms with Crippen LogP contribution in [0.5, 0.6) is 11.5 Å². The molecule has 4 aromatic carbocycles. The number of thiazole rings is 1. The van der Waals surface area contributed by atoms with Crippen LogP contribution < -0.4 is 20.2 Å². The van der Waals surface area contributed by atoms with E-state index >= 15 is 0 Å². The molecule has 0 saturated carbocycles. The summed E-state index contributed by atoms with van der Waals surface area (Å²) in [6.07, 6.45) is 1.50. The van der Waals surface area contributed by atoms with Crippen molar-refractivity contribution < 1.29 is 18.7 Å². The summed E-state index contributed by atoms with van der Waals surface area (Å²) >= 11 is 4.99. The smallest absolute Gasteiger partial charge is 0.271 e. The van der Waals surface area contributed by atoms with E-state index < -0.39 is 0 Å². The van der Waals surface area contributed by atoms with Gasteiger partial charge in [-0.05, 0) is 70.9 Å². The van der Waals surface area contributed by atoms with Crippen LogP contribution in [0.4, 0.5) is 15.2 Å². The van der Waals surface area contributed by atoms with Gasteiger partial charge in [-0.15, -0.1) is 11.3 Å². The summed E-state index contributed by atoms with van der Waals surface area (Å²) in [7, 11) is 1.51. The number of nitrogens with one attached hydrogen (secondary N) is 2. The molecule has 0 bridgehead atoms. The molecule has 0 fully saturated rings. The van der Waals surface area contributed by atoms with Crippen molar-refractivity contribution in [1.29, 1.82) is 0 Å². The van der Waals surface area contributed by atoms with Crippen molar-refractivity contribution in [3.8, 4) is 22.8 Å². The number of ether oxygens (including phenoxy) is 2. The fraction of sp³-hybridized carbons (Fsp3) is 0.0938. The van der Waals surface area contributed by atoms with Crippen LogP contribution in [-0.2, 0) is 6.61 Å². The van der Waals surface area contributed by atoms with Crippen molar-refractivity contribution in [3.05, 3.63) is 123 Å². The van der Waals surface area contributed by atoms with Gasteiger partial charge >= 0.3 is 0 Å². The highest BCUT2D eigenvalue weighted by atomic mass is 79.9. The molecule has 0 aliphatic heterocycles. The molecule has 0 atom stereocenters. The van der Waals surface area contributed by atoms with Crippen molar-refractivity contribution in [1.82, 2.24) is 10.4 Å². The molecular formula is C32H26BrFN4O3S. The van der Waals surface area contributed by atoms with Crippen LogP contribution in [0.3, 0.4) is 0 Å². The Labute approximate surface area is 255 Å². The topological polar surface area (TPSA) is 84.8 Å². The van der Waals surface area contributed by atoms with Crippen molar-refractivity contribution in [3.63, 3.8) is 0 Å². The number of hydrogen-bond acceptors (Lipinski definition) is 7. The third-order valence-corrected chi connectivity index (χ3v) is 7.56. The fourth-order valence-electron chi connectivity index (χ4n) is 3.97. The third kappa shape index (κ3) is 7.20. The number of halogens is 2. The van der Waals surface area contributed by atoms with E-state index in [1.165, 1.54) is 36.3 Å². The van der Waals surface area contributed by atoms with Crippen LogP contribution in [0.25, 0.3) is 11.3 Å². The molecule has 0 aliphatic carbocycles. The highest BCUT2D eigenvalue weighted by molar-refractivity contribution is 9.10. The van der Waals surface area contributed by atoms with Gasteiger partial charge in [0.25, 0.3) is 5.91 Å². The molecule has 2 N–H and O–H groups in total. The lowest BCUT2D eigenvalue weighted by molar-refractivity contribution is 0.0955. The van der Waals surface area contributed by atoms with Crippen molar-refractivity contribution in [2.45, 2.75) is 13.5 Å².